The molecule has 0 bridgehead atoms. The first-order valence-corrected chi connectivity index (χ1v) is 6.44. The summed E-state index contributed by atoms with van der Waals surface area (Å²) >= 11 is 0. The van der Waals surface area contributed by atoms with E-state index in [0.717, 1.165) is 0 Å². The fraction of sp³-hybridized carbons (Fsp3) is 0.909. The fourth-order valence-corrected chi connectivity index (χ4v) is 1.50. The first-order chi connectivity index (χ1) is 9.77. The van der Waals surface area contributed by atoms with Crippen molar-refractivity contribution in [2.45, 2.75) is 43.0 Å². The van der Waals surface area contributed by atoms with E-state index >= 15 is 0 Å². The summed E-state index contributed by atoms with van der Waals surface area (Å²) in [6, 6.07) is 0. The summed E-state index contributed by atoms with van der Waals surface area (Å²) in [4.78, 5) is 11.4. The Kier molecular flexibility index (Phi) is 9.57. The molecule has 21 heavy (non-hydrogen) atoms. The van der Waals surface area contributed by atoms with E-state index in [1.807, 2.05) is 0 Å². The highest BCUT2D eigenvalue weighted by Gasteiger charge is 2.39. The topological polar surface area (TPSA) is 197 Å². The van der Waals surface area contributed by atoms with Gasteiger partial charge < -0.3 is 46.8 Å². The monoisotopic (exact) mass is 312 g/mol. The summed E-state index contributed by atoms with van der Waals surface area (Å²) in [7, 11) is 0. The lowest BCUT2D eigenvalue weighted by molar-refractivity contribution is -0.165. The standard InChI is InChI=1S/C11H24N2O8/c12-2-1-3-13-11(21)10(20)9(19)8(18)7(17)6(16)5(15)4-14/h5-10,14-20H,1-4,12H2,(H,13,21). The Morgan fingerprint density at radius 3 is 1.95 bits per heavy atom. The van der Waals surface area contributed by atoms with Crippen molar-refractivity contribution in [2.75, 3.05) is 19.7 Å². The predicted molar refractivity (Wildman–Crippen MR) is 69.8 cm³/mol. The third kappa shape index (κ3) is 6.20. The van der Waals surface area contributed by atoms with Gasteiger partial charge in [-0.3, -0.25) is 4.79 Å². The lowest BCUT2D eigenvalue weighted by Crippen LogP contribution is -2.55. The van der Waals surface area contributed by atoms with Gasteiger partial charge in [-0.2, -0.15) is 0 Å². The van der Waals surface area contributed by atoms with Gasteiger partial charge in [0, 0.05) is 6.54 Å². The molecule has 10 heteroatoms. The number of amides is 1. The maximum Gasteiger partial charge on any atom is 0.251 e. The Balaban J connectivity index is 4.53. The predicted octanol–water partition coefficient (Wildman–Crippen LogP) is -5.39. The van der Waals surface area contributed by atoms with E-state index in [0.29, 0.717) is 13.0 Å². The van der Waals surface area contributed by atoms with E-state index in [9.17, 15) is 30.3 Å². The number of carbonyl (C=O) groups excluding carboxylic acids is 1. The summed E-state index contributed by atoms with van der Waals surface area (Å²) in [5.74, 6) is -0.987. The van der Waals surface area contributed by atoms with Crippen LogP contribution < -0.4 is 11.1 Å². The molecule has 0 spiro atoms. The van der Waals surface area contributed by atoms with Crippen LogP contribution in [0.4, 0.5) is 0 Å². The van der Waals surface area contributed by atoms with Crippen LogP contribution in [0.3, 0.4) is 0 Å². The van der Waals surface area contributed by atoms with E-state index in [1.54, 1.807) is 0 Å². The quantitative estimate of drug-likeness (QED) is 0.177. The normalized spacial score (nSPS) is 20.2. The van der Waals surface area contributed by atoms with Crippen LogP contribution in [0.15, 0.2) is 0 Å². The minimum atomic E-state index is -2.11. The largest absolute Gasteiger partial charge is 0.394 e. The molecular weight excluding hydrogens is 288 g/mol. The summed E-state index contributed by atoms with van der Waals surface area (Å²) in [6.45, 7) is -0.418. The van der Waals surface area contributed by atoms with Crippen LogP contribution in [-0.4, -0.2) is 98.0 Å². The van der Waals surface area contributed by atoms with E-state index < -0.39 is 49.1 Å². The minimum absolute atomic E-state index is 0.156. The number of aliphatic hydroxyl groups excluding tert-OH is 7. The Labute approximate surface area is 121 Å². The average molecular weight is 312 g/mol. The molecule has 0 heterocycles. The van der Waals surface area contributed by atoms with Gasteiger partial charge in [-0.25, -0.2) is 0 Å². The zero-order valence-electron chi connectivity index (χ0n) is 11.4. The molecule has 0 aliphatic heterocycles. The Morgan fingerprint density at radius 2 is 1.48 bits per heavy atom. The number of hydrogen-bond donors (Lipinski definition) is 9. The second-order valence-electron chi connectivity index (χ2n) is 4.59. The number of nitrogens with two attached hydrogens (primary N) is 1. The van der Waals surface area contributed by atoms with Gasteiger partial charge in [0.25, 0.3) is 5.91 Å². The number of aliphatic hydroxyl groups is 7. The molecule has 0 aromatic heterocycles. The summed E-state index contributed by atoms with van der Waals surface area (Å²) in [6.07, 6.45) is -11.6. The van der Waals surface area contributed by atoms with Gasteiger partial charge in [0.05, 0.1) is 6.61 Å². The Bertz CT molecular complexity index is 306. The van der Waals surface area contributed by atoms with Crippen molar-refractivity contribution in [3.8, 4) is 0 Å². The lowest BCUT2D eigenvalue weighted by atomic mass is 9.96. The van der Waals surface area contributed by atoms with Crippen molar-refractivity contribution in [3.63, 3.8) is 0 Å². The Morgan fingerprint density at radius 1 is 0.952 bits per heavy atom. The third-order valence-electron chi connectivity index (χ3n) is 2.90. The van der Waals surface area contributed by atoms with Crippen LogP contribution in [-0.2, 0) is 4.79 Å². The molecule has 10 N–H and O–H groups in total. The van der Waals surface area contributed by atoms with E-state index in [4.69, 9.17) is 15.9 Å². The second kappa shape index (κ2) is 9.97. The lowest BCUT2D eigenvalue weighted by Gasteiger charge is -2.30. The van der Waals surface area contributed by atoms with Crippen molar-refractivity contribution < 1.29 is 40.5 Å². The van der Waals surface area contributed by atoms with E-state index in [-0.39, 0.29) is 6.54 Å². The number of carbonyl (C=O) groups is 1. The molecule has 1 amide bonds. The highest BCUT2D eigenvalue weighted by atomic mass is 16.4. The minimum Gasteiger partial charge on any atom is -0.394 e. The van der Waals surface area contributed by atoms with Crippen LogP contribution in [0, 0.1) is 0 Å². The van der Waals surface area contributed by atoms with Crippen molar-refractivity contribution >= 4 is 5.91 Å². The van der Waals surface area contributed by atoms with Gasteiger partial charge in [-0.15, -0.1) is 0 Å². The van der Waals surface area contributed by atoms with Crippen molar-refractivity contribution in [3.05, 3.63) is 0 Å². The highest BCUT2D eigenvalue weighted by Crippen LogP contribution is 2.11. The first-order valence-electron chi connectivity index (χ1n) is 6.44. The maximum atomic E-state index is 11.4. The molecule has 0 aromatic carbocycles. The SMILES string of the molecule is NCCCNC(=O)C(O)C(O)C(O)C(O)C(O)C(O)CO. The van der Waals surface area contributed by atoms with Crippen LogP contribution in [0.5, 0.6) is 0 Å². The van der Waals surface area contributed by atoms with Crippen LogP contribution in [0.25, 0.3) is 0 Å². The molecular formula is C11H24N2O8. The molecule has 0 aliphatic rings. The molecule has 0 radical (unpaired) electrons. The van der Waals surface area contributed by atoms with Gasteiger partial charge in [-0.05, 0) is 13.0 Å². The van der Waals surface area contributed by atoms with Gasteiger partial charge in [0.1, 0.15) is 30.5 Å². The molecule has 0 saturated carbocycles. The van der Waals surface area contributed by atoms with Crippen molar-refractivity contribution in [2.24, 2.45) is 5.73 Å². The van der Waals surface area contributed by atoms with Crippen LogP contribution >= 0.6 is 0 Å². The van der Waals surface area contributed by atoms with Crippen LogP contribution in [0.1, 0.15) is 6.42 Å². The molecule has 0 saturated heterocycles. The summed E-state index contributed by atoms with van der Waals surface area (Å²) in [5.41, 5.74) is 5.21. The maximum absolute atomic E-state index is 11.4. The van der Waals surface area contributed by atoms with E-state index in [2.05, 4.69) is 5.32 Å². The Hall–Kier alpha value is -0.850. The fourth-order valence-electron chi connectivity index (χ4n) is 1.50. The van der Waals surface area contributed by atoms with E-state index in [1.165, 1.54) is 0 Å². The zero-order valence-corrected chi connectivity index (χ0v) is 11.4. The smallest absolute Gasteiger partial charge is 0.251 e. The van der Waals surface area contributed by atoms with Crippen LogP contribution in [0.2, 0.25) is 0 Å². The van der Waals surface area contributed by atoms with Crippen molar-refractivity contribution in [1.29, 1.82) is 0 Å². The molecule has 6 atom stereocenters. The number of hydrogen-bond acceptors (Lipinski definition) is 9. The molecule has 0 aliphatic carbocycles. The molecule has 0 fully saturated rings. The molecule has 6 unspecified atom stereocenters. The highest BCUT2D eigenvalue weighted by molar-refractivity contribution is 5.81. The molecule has 0 rings (SSSR count). The average Bonchev–Trinajstić information content (AvgIpc) is 2.50. The molecule has 126 valence electrons. The molecule has 0 aromatic rings. The van der Waals surface area contributed by atoms with Crippen molar-refractivity contribution in [1.82, 2.24) is 5.32 Å². The van der Waals surface area contributed by atoms with Gasteiger partial charge in [0.15, 0.2) is 6.10 Å². The summed E-state index contributed by atoms with van der Waals surface area (Å²) < 4.78 is 0. The number of nitrogens with one attached hydrogen (secondary N) is 1. The number of rotatable bonds is 10. The summed E-state index contributed by atoms with van der Waals surface area (Å²) in [5, 5.41) is 67.5. The van der Waals surface area contributed by atoms with Gasteiger partial charge in [-0.1, -0.05) is 0 Å². The third-order valence-corrected chi connectivity index (χ3v) is 2.90. The molecule has 10 nitrogen and oxygen atoms in total. The van der Waals surface area contributed by atoms with Gasteiger partial charge >= 0.3 is 0 Å². The zero-order chi connectivity index (χ0) is 16.6. The second-order valence-corrected chi connectivity index (χ2v) is 4.59. The van der Waals surface area contributed by atoms with Gasteiger partial charge in [0.2, 0.25) is 0 Å². The first kappa shape index (κ1) is 20.1.